The van der Waals surface area contributed by atoms with E-state index in [0.29, 0.717) is 24.5 Å². The first-order chi connectivity index (χ1) is 27.8. The molecule has 4 aromatic rings. The van der Waals surface area contributed by atoms with Crippen molar-refractivity contribution in [3.8, 4) is 0 Å². The van der Waals surface area contributed by atoms with Crippen LogP contribution in [0.3, 0.4) is 0 Å². The van der Waals surface area contributed by atoms with E-state index in [0.717, 1.165) is 5.56 Å². The van der Waals surface area contributed by atoms with E-state index < -0.39 is 80.3 Å². The van der Waals surface area contributed by atoms with Gasteiger partial charge < -0.3 is 49.9 Å². The fourth-order valence-corrected chi connectivity index (χ4v) is 11.5. The number of anilines is 4. The molecule has 1 aromatic carbocycles. The first kappa shape index (κ1) is 43.2. The molecule has 7 rings (SSSR count). The number of hydrogen-bond donors (Lipinski definition) is 8. The second-order valence-electron chi connectivity index (χ2n) is 13.3. The second kappa shape index (κ2) is 16.9. The predicted molar refractivity (Wildman–Crippen MR) is 202 cm³/mol. The summed E-state index contributed by atoms with van der Waals surface area (Å²) in [6.07, 6.45) is -0.846. The van der Waals surface area contributed by atoms with Crippen LogP contribution in [0.5, 0.6) is 0 Å². The Morgan fingerprint density at radius 3 is 2.07 bits per heavy atom. The largest absolute Gasteiger partial charge is 0.490 e. The Morgan fingerprint density at radius 1 is 0.831 bits per heavy atom. The van der Waals surface area contributed by atoms with Gasteiger partial charge in [-0.3, -0.25) is 33.2 Å². The lowest BCUT2D eigenvalue weighted by Gasteiger charge is -2.26. The van der Waals surface area contributed by atoms with Gasteiger partial charge in [-0.1, -0.05) is 30.3 Å². The summed E-state index contributed by atoms with van der Waals surface area (Å²) in [5.74, 6) is 0.372. The average Bonchev–Trinajstić information content (AvgIpc) is 3.94. The monoisotopic (exact) mass is 910 g/mol. The Bertz CT molecular complexity index is 2510. The van der Waals surface area contributed by atoms with Crippen LogP contribution >= 0.6 is 31.3 Å². The molecule has 4 unspecified atom stereocenters. The van der Waals surface area contributed by atoms with Crippen LogP contribution in [0, 0.1) is 0 Å². The number of ether oxygens (including phenoxy) is 2. The fraction of sp³-hybridized carbons (Fsp3) is 0.464. The number of aromatic amines is 2. The van der Waals surface area contributed by atoms with E-state index in [1.807, 2.05) is 30.3 Å². The molecule has 322 valence electrons. The van der Waals surface area contributed by atoms with E-state index >= 15 is 0 Å². The molecule has 0 amide bonds. The number of fused-ring (bicyclic) bond motifs is 2. The van der Waals surface area contributed by atoms with Crippen LogP contribution in [-0.4, -0.2) is 94.4 Å². The van der Waals surface area contributed by atoms with Crippen molar-refractivity contribution in [2.45, 2.75) is 56.9 Å². The van der Waals surface area contributed by atoms with E-state index in [2.05, 4.69) is 43.2 Å². The molecule has 31 heteroatoms. The van der Waals surface area contributed by atoms with Crippen LogP contribution in [0.15, 0.2) is 46.2 Å². The number of rotatable bonds is 17. The third-order valence-electron chi connectivity index (χ3n) is 8.94. The molecule has 9 N–H and O–H groups in total. The van der Waals surface area contributed by atoms with Crippen molar-refractivity contribution in [3.63, 3.8) is 0 Å². The van der Waals surface area contributed by atoms with Gasteiger partial charge in [-0.15, -0.1) is 0 Å². The standard InChI is InChI=1S/C28H38N10O17P4/c1-36-15-38(24-22(36)26(40)35-28(33-24)30-11-16-5-3-2-4-6-16)20-10-8-18(52-20)13-50-57(43,44)54-59(47,48)55-58(45,46)53-56(41,42)49-12-17-7-9-19(51-17)37-14-31-21-23(37)32-27(29)34-25(21)39/h2-6,14,17-20H,7-13,15H2,1H3,(H,41,42)(H,43,44)(H,45,46)(H,47,48)(H3,29,32,34,39)(H2,30,33,35,40)/t17-,18-,19+,20+/m0/s1. The number of nitrogens with two attached hydrogens (primary N) is 1. The van der Waals surface area contributed by atoms with Gasteiger partial charge in [0.2, 0.25) is 11.9 Å². The molecule has 0 radical (unpaired) electrons. The van der Waals surface area contributed by atoms with Crippen LogP contribution in [0.4, 0.5) is 23.4 Å². The fourth-order valence-electron chi connectivity index (χ4n) is 6.49. The van der Waals surface area contributed by atoms with Gasteiger partial charge in [0.15, 0.2) is 17.0 Å². The molecule has 3 aromatic heterocycles. The summed E-state index contributed by atoms with van der Waals surface area (Å²) in [4.78, 5) is 86.1. The summed E-state index contributed by atoms with van der Waals surface area (Å²) in [6.45, 7) is -0.778. The van der Waals surface area contributed by atoms with Crippen LogP contribution in [-0.2, 0) is 56.3 Å². The van der Waals surface area contributed by atoms with Gasteiger partial charge in [0.05, 0.1) is 38.4 Å². The van der Waals surface area contributed by atoms with Gasteiger partial charge in [0, 0.05) is 13.6 Å². The molecular formula is C28H38N10O17P4. The van der Waals surface area contributed by atoms with Gasteiger partial charge >= 0.3 is 31.3 Å². The third-order valence-corrected chi connectivity index (χ3v) is 14.8. The third kappa shape index (κ3) is 10.5. The summed E-state index contributed by atoms with van der Waals surface area (Å²) < 4.78 is 84.7. The highest BCUT2D eigenvalue weighted by atomic mass is 31.3. The van der Waals surface area contributed by atoms with Gasteiger partial charge in [0.25, 0.3) is 11.1 Å². The highest BCUT2D eigenvalue weighted by Crippen LogP contribution is 2.71. The summed E-state index contributed by atoms with van der Waals surface area (Å²) in [5.41, 5.74) is 5.96. The zero-order valence-electron chi connectivity index (χ0n) is 30.6. The molecule has 6 heterocycles. The summed E-state index contributed by atoms with van der Waals surface area (Å²) in [5, 5.41) is 3.08. The Labute approximate surface area is 331 Å². The molecular weight excluding hydrogens is 872 g/mol. The van der Waals surface area contributed by atoms with Crippen molar-refractivity contribution >= 4 is 65.9 Å². The average molecular weight is 911 g/mol. The number of nitrogens with zero attached hydrogens (tertiary/aromatic N) is 6. The molecule has 27 nitrogen and oxygen atoms in total. The molecule has 3 aliphatic heterocycles. The van der Waals surface area contributed by atoms with Crippen molar-refractivity contribution < 1.29 is 69.3 Å². The van der Waals surface area contributed by atoms with E-state index in [1.165, 1.54) is 10.9 Å². The molecule has 2 fully saturated rings. The molecule has 8 atom stereocenters. The van der Waals surface area contributed by atoms with Crippen molar-refractivity contribution in [1.29, 1.82) is 0 Å². The van der Waals surface area contributed by atoms with Crippen LogP contribution < -0.4 is 32.0 Å². The number of imidazole rings is 1. The van der Waals surface area contributed by atoms with Crippen molar-refractivity contribution in [3.05, 3.63) is 62.9 Å². The van der Waals surface area contributed by atoms with E-state index in [9.17, 15) is 47.4 Å². The maximum Gasteiger partial charge on any atom is 0.490 e. The van der Waals surface area contributed by atoms with Gasteiger partial charge in [-0.2, -0.15) is 22.9 Å². The molecule has 0 saturated carbocycles. The quantitative estimate of drug-likeness (QED) is 0.0702. The minimum atomic E-state index is -6.03. The lowest BCUT2D eigenvalue weighted by molar-refractivity contribution is -0.0205. The number of nitrogens with one attached hydrogen (secondary N) is 3. The number of phosphoric acid groups is 4. The number of nitrogen functional groups attached to an aromatic ring is 1. The molecule has 0 aliphatic carbocycles. The maximum absolute atomic E-state index is 12.9. The topological polar surface area (TPSA) is 368 Å². The lowest BCUT2D eigenvalue weighted by atomic mass is 10.2. The zero-order valence-corrected chi connectivity index (χ0v) is 34.2. The number of H-pyrrole nitrogens is 2. The number of aromatic nitrogens is 6. The summed E-state index contributed by atoms with van der Waals surface area (Å²) >= 11 is 0. The van der Waals surface area contributed by atoms with E-state index in [4.69, 9.17) is 24.3 Å². The predicted octanol–water partition coefficient (Wildman–Crippen LogP) is 1.98. The SMILES string of the molecule is CN1CN([C@H]2CC[C@@H](COP(=O)(O)OP(=O)(O)OP(=O)(O)OP(=O)(O)OC[C@@H]3CC[C@H](n4cnc5c(=O)[nH]c(N)nc54)O3)O2)c2nc(NCc3ccccc3)[nH]c(=O)c21. The Kier molecular flexibility index (Phi) is 12.4. The first-order valence-corrected chi connectivity index (χ1v) is 23.4. The lowest BCUT2D eigenvalue weighted by Crippen LogP contribution is -2.38. The molecule has 3 aliphatic rings. The highest BCUT2D eigenvalue weighted by Gasteiger charge is 2.47. The zero-order chi connectivity index (χ0) is 42.3. The molecule has 0 bridgehead atoms. The Balaban J connectivity index is 0.874. The Hall–Kier alpha value is -3.87. The van der Waals surface area contributed by atoms with Crippen LogP contribution in [0.2, 0.25) is 0 Å². The van der Waals surface area contributed by atoms with Crippen molar-refractivity contribution in [2.75, 3.05) is 47.8 Å². The number of hydrogen-bond acceptors (Lipinski definition) is 20. The van der Waals surface area contributed by atoms with E-state index in [-0.39, 0.29) is 49.0 Å². The summed E-state index contributed by atoms with van der Waals surface area (Å²) in [6, 6.07) is 9.43. The number of phosphoric ester groups is 2. The molecule has 59 heavy (non-hydrogen) atoms. The normalized spacial score (nSPS) is 24.7. The van der Waals surface area contributed by atoms with Crippen molar-refractivity contribution in [2.24, 2.45) is 0 Å². The van der Waals surface area contributed by atoms with Crippen LogP contribution in [0.25, 0.3) is 11.2 Å². The second-order valence-corrected chi connectivity index (χ2v) is 19.5. The maximum atomic E-state index is 12.9. The highest BCUT2D eigenvalue weighted by molar-refractivity contribution is 7.69. The number of benzene rings is 1. The van der Waals surface area contributed by atoms with Gasteiger partial charge in [0.1, 0.15) is 18.1 Å². The minimum absolute atomic E-state index is 0.0153. The summed E-state index contributed by atoms with van der Waals surface area (Å²) in [7, 11) is -21.5. The molecule has 0 spiro atoms. The van der Waals surface area contributed by atoms with Gasteiger partial charge in [-0.25, -0.2) is 23.2 Å². The minimum Gasteiger partial charge on any atom is -0.369 e. The Morgan fingerprint density at radius 2 is 1.42 bits per heavy atom. The molecule has 2 saturated heterocycles. The van der Waals surface area contributed by atoms with E-state index in [1.54, 1.807) is 16.8 Å². The van der Waals surface area contributed by atoms with Crippen LogP contribution in [0.1, 0.15) is 37.5 Å². The van der Waals surface area contributed by atoms with Crippen molar-refractivity contribution in [1.82, 2.24) is 29.5 Å². The van der Waals surface area contributed by atoms with Gasteiger partial charge in [-0.05, 0) is 31.2 Å². The smallest absolute Gasteiger partial charge is 0.369 e. The first-order valence-electron chi connectivity index (χ1n) is 17.4.